The Kier molecular flexibility index (Phi) is 7.22. The molecule has 3 heteroatoms. The topological polar surface area (TPSA) is 38.0 Å². The van der Waals surface area contributed by atoms with E-state index in [1.165, 1.54) is 0 Å². The summed E-state index contributed by atoms with van der Waals surface area (Å²) in [4.78, 5) is 4.12. The second kappa shape index (κ2) is 7.57. The molecule has 1 heterocycles. The summed E-state index contributed by atoms with van der Waals surface area (Å²) in [7, 11) is 0. The molecule has 2 unspecified atom stereocenters. The van der Waals surface area contributed by atoms with E-state index in [4.69, 9.17) is 0 Å². The summed E-state index contributed by atoms with van der Waals surface area (Å²) in [5.41, 5.74) is 0.0407. The molecule has 106 valence electrons. The number of nitrogens with zero attached hydrogens (tertiary/aromatic N) is 2. The Morgan fingerprint density at radius 3 is 2.11 bits per heavy atom. The second-order valence-electron chi connectivity index (χ2n) is 5.32. The van der Waals surface area contributed by atoms with E-state index in [9.17, 15) is 5.11 Å². The zero-order chi connectivity index (χ0) is 14.2. The fourth-order valence-electron chi connectivity index (χ4n) is 2.19. The second-order valence-corrected chi connectivity index (χ2v) is 5.32. The monoisotopic (exact) mass is 254 g/mol. The summed E-state index contributed by atoms with van der Waals surface area (Å²) in [5.74, 6) is 0. The number of hydrogen-bond acceptors (Lipinski definition) is 2. The Balaban J connectivity index is 0.00000137. The van der Waals surface area contributed by atoms with Crippen molar-refractivity contribution in [2.75, 3.05) is 6.61 Å². The third-order valence-electron chi connectivity index (χ3n) is 3.93. The molecule has 0 aliphatic carbocycles. The van der Waals surface area contributed by atoms with Crippen molar-refractivity contribution in [1.82, 2.24) is 9.55 Å². The highest BCUT2D eigenvalue weighted by molar-refractivity contribution is 4.92. The minimum Gasteiger partial charge on any atom is -0.396 e. The van der Waals surface area contributed by atoms with Gasteiger partial charge in [0.25, 0.3) is 0 Å². The minimum absolute atomic E-state index is 0.00493. The minimum atomic E-state index is -0.00493. The third-order valence-corrected chi connectivity index (χ3v) is 3.93. The number of hydrogen-bond donors (Lipinski definition) is 1. The van der Waals surface area contributed by atoms with E-state index in [1.807, 2.05) is 32.6 Å². The lowest BCUT2D eigenvalue weighted by molar-refractivity contribution is 0.0775. The first-order valence-corrected chi connectivity index (χ1v) is 7.09. The Morgan fingerprint density at radius 2 is 1.78 bits per heavy atom. The summed E-state index contributed by atoms with van der Waals surface area (Å²) >= 11 is 0. The molecular weight excluding hydrogens is 224 g/mol. The number of imidazole rings is 1. The molecule has 0 bridgehead atoms. The van der Waals surface area contributed by atoms with Crippen LogP contribution in [-0.4, -0.2) is 21.3 Å². The van der Waals surface area contributed by atoms with E-state index in [-0.39, 0.29) is 17.6 Å². The van der Waals surface area contributed by atoms with Gasteiger partial charge in [-0.25, -0.2) is 4.98 Å². The van der Waals surface area contributed by atoms with Crippen LogP contribution in [0.5, 0.6) is 0 Å². The summed E-state index contributed by atoms with van der Waals surface area (Å²) in [6, 6.07) is 0. The van der Waals surface area contributed by atoms with Crippen molar-refractivity contribution in [1.29, 1.82) is 0 Å². The number of aliphatic hydroxyl groups is 1. The van der Waals surface area contributed by atoms with Gasteiger partial charge in [0, 0.05) is 24.5 Å². The number of rotatable bonds is 6. The van der Waals surface area contributed by atoms with Crippen molar-refractivity contribution >= 4 is 0 Å². The standard InChI is InChI=1S/C13H24N2O.C2H6/c1-5-12(3,10-16)9-13(4,6-2)15-8-7-14-11-15;1-2/h7-8,11,16H,5-6,9-10H2,1-4H3;1-2H3. The molecule has 0 saturated carbocycles. The quantitative estimate of drug-likeness (QED) is 0.837. The molecule has 1 aromatic rings. The van der Waals surface area contributed by atoms with E-state index in [0.29, 0.717) is 0 Å². The van der Waals surface area contributed by atoms with Crippen molar-refractivity contribution < 1.29 is 5.11 Å². The van der Waals surface area contributed by atoms with Crippen molar-refractivity contribution in [3.8, 4) is 0 Å². The molecular formula is C15H30N2O. The van der Waals surface area contributed by atoms with E-state index in [0.717, 1.165) is 19.3 Å². The van der Waals surface area contributed by atoms with Crippen LogP contribution in [-0.2, 0) is 5.54 Å². The summed E-state index contributed by atoms with van der Waals surface area (Å²) in [6.45, 7) is 13.0. The van der Waals surface area contributed by atoms with Gasteiger partial charge in [-0.2, -0.15) is 0 Å². The zero-order valence-electron chi connectivity index (χ0n) is 12.9. The maximum Gasteiger partial charge on any atom is 0.0951 e. The van der Waals surface area contributed by atoms with Gasteiger partial charge in [-0.3, -0.25) is 0 Å². The van der Waals surface area contributed by atoms with Gasteiger partial charge in [0.2, 0.25) is 0 Å². The molecule has 0 spiro atoms. The van der Waals surface area contributed by atoms with E-state index < -0.39 is 0 Å². The average Bonchev–Trinajstić information content (AvgIpc) is 2.95. The van der Waals surface area contributed by atoms with E-state index >= 15 is 0 Å². The Hall–Kier alpha value is -0.830. The highest BCUT2D eigenvalue weighted by atomic mass is 16.3. The van der Waals surface area contributed by atoms with Crippen LogP contribution >= 0.6 is 0 Å². The fourth-order valence-corrected chi connectivity index (χ4v) is 2.19. The largest absolute Gasteiger partial charge is 0.396 e. The predicted molar refractivity (Wildman–Crippen MR) is 77.6 cm³/mol. The highest BCUT2D eigenvalue weighted by Crippen LogP contribution is 2.37. The van der Waals surface area contributed by atoms with Crippen LogP contribution in [0.4, 0.5) is 0 Å². The van der Waals surface area contributed by atoms with Gasteiger partial charge in [-0.05, 0) is 31.6 Å². The summed E-state index contributed by atoms with van der Waals surface area (Å²) in [6.07, 6.45) is 8.71. The number of aliphatic hydroxyl groups excluding tert-OH is 1. The summed E-state index contributed by atoms with van der Waals surface area (Å²) < 4.78 is 2.16. The van der Waals surface area contributed by atoms with Crippen LogP contribution < -0.4 is 0 Å². The van der Waals surface area contributed by atoms with Gasteiger partial charge >= 0.3 is 0 Å². The third kappa shape index (κ3) is 4.13. The van der Waals surface area contributed by atoms with Gasteiger partial charge in [0.15, 0.2) is 0 Å². The van der Waals surface area contributed by atoms with Crippen molar-refractivity contribution in [2.24, 2.45) is 5.41 Å². The molecule has 0 amide bonds. The van der Waals surface area contributed by atoms with Gasteiger partial charge in [-0.1, -0.05) is 34.6 Å². The maximum absolute atomic E-state index is 9.52. The lowest BCUT2D eigenvalue weighted by Crippen LogP contribution is -2.36. The van der Waals surface area contributed by atoms with Crippen LogP contribution in [0.15, 0.2) is 18.7 Å². The summed E-state index contributed by atoms with van der Waals surface area (Å²) in [5, 5.41) is 9.52. The first kappa shape index (κ1) is 17.2. The van der Waals surface area contributed by atoms with Crippen molar-refractivity contribution in [3.63, 3.8) is 0 Å². The molecule has 2 atom stereocenters. The lowest BCUT2D eigenvalue weighted by atomic mass is 9.75. The van der Waals surface area contributed by atoms with Crippen LogP contribution in [0.25, 0.3) is 0 Å². The zero-order valence-corrected chi connectivity index (χ0v) is 12.9. The van der Waals surface area contributed by atoms with E-state index in [1.54, 1.807) is 0 Å². The van der Waals surface area contributed by atoms with Crippen LogP contribution in [0, 0.1) is 5.41 Å². The van der Waals surface area contributed by atoms with Gasteiger partial charge in [-0.15, -0.1) is 0 Å². The van der Waals surface area contributed by atoms with Gasteiger partial charge in [0.05, 0.1) is 6.33 Å². The van der Waals surface area contributed by atoms with Gasteiger partial charge < -0.3 is 9.67 Å². The molecule has 0 aliphatic heterocycles. The average molecular weight is 254 g/mol. The molecule has 1 rings (SSSR count). The van der Waals surface area contributed by atoms with E-state index in [2.05, 4.69) is 37.2 Å². The lowest BCUT2D eigenvalue weighted by Gasteiger charge is -2.38. The molecule has 0 aromatic carbocycles. The fraction of sp³-hybridized carbons (Fsp3) is 0.800. The predicted octanol–water partition coefficient (Wildman–Crippen LogP) is 3.83. The Morgan fingerprint density at radius 1 is 1.17 bits per heavy atom. The smallest absolute Gasteiger partial charge is 0.0951 e. The van der Waals surface area contributed by atoms with Gasteiger partial charge in [0.1, 0.15) is 0 Å². The Labute approximate surface area is 112 Å². The first-order chi connectivity index (χ1) is 8.49. The van der Waals surface area contributed by atoms with Crippen molar-refractivity contribution in [3.05, 3.63) is 18.7 Å². The molecule has 3 nitrogen and oxygen atoms in total. The highest BCUT2D eigenvalue weighted by Gasteiger charge is 2.33. The normalized spacial score (nSPS) is 17.3. The van der Waals surface area contributed by atoms with Crippen LogP contribution in [0.1, 0.15) is 60.8 Å². The maximum atomic E-state index is 9.52. The Bertz CT molecular complexity index is 304. The molecule has 0 saturated heterocycles. The molecule has 0 radical (unpaired) electrons. The molecule has 18 heavy (non-hydrogen) atoms. The van der Waals surface area contributed by atoms with Crippen LogP contribution in [0.2, 0.25) is 0 Å². The first-order valence-electron chi connectivity index (χ1n) is 7.09. The SMILES string of the molecule is CC.CCC(C)(CO)CC(C)(CC)n1ccnc1. The molecule has 0 aliphatic rings. The molecule has 1 N–H and O–H groups in total. The molecule has 0 fully saturated rings. The van der Waals surface area contributed by atoms with Crippen molar-refractivity contribution in [2.45, 2.75) is 66.3 Å². The molecule has 1 aromatic heterocycles. The number of aromatic nitrogens is 2. The van der Waals surface area contributed by atoms with Crippen LogP contribution in [0.3, 0.4) is 0 Å².